The van der Waals surface area contributed by atoms with E-state index >= 15 is 0 Å². The predicted molar refractivity (Wildman–Crippen MR) is 65.6 cm³/mol. The van der Waals surface area contributed by atoms with Crippen LogP contribution in [0.4, 0.5) is 0 Å². The molecule has 1 heterocycles. The first-order valence-corrected chi connectivity index (χ1v) is 5.53. The topological polar surface area (TPSA) is 18.5 Å². The Balaban J connectivity index is 2.35. The van der Waals surface area contributed by atoms with Crippen molar-refractivity contribution in [3.63, 3.8) is 0 Å². The Morgan fingerprint density at radius 3 is 2.25 bits per heavy atom. The van der Waals surface area contributed by atoms with E-state index in [1.807, 2.05) is 12.1 Å². The highest BCUT2D eigenvalue weighted by Crippen LogP contribution is 2.36. The van der Waals surface area contributed by atoms with Crippen LogP contribution < -0.4 is 4.74 Å². The standard InChI is InChI=1S/C14H18O2/c1-10-13(9-16-14(10,2)3)11-5-7-12(15-4)8-6-11/h5-8H,9H2,1-4H3. The summed E-state index contributed by atoms with van der Waals surface area (Å²) >= 11 is 0. The fourth-order valence-corrected chi connectivity index (χ4v) is 1.92. The van der Waals surface area contributed by atoms with E-state index in [0.29, 0.717) is 6.61 Å². The van der Waals surface area contributed by atoms with Crippen LogP contribution in [0.25, 0.3) is 5.57 Å². The average molecular weight is 218 g/mol. The summed E-state index contributed by atoms with van der Waals surface area (Å²) in [5, 5.41) is 0. The summed E-state index contributed by atoms with van der Waals surface area (Å²) in [4.78, 5) is 0. The van der Waals surface area contributed by atoms with E-state index in [9.17, 15) is 0 Å². The minimum atomic E-state index is -0.130. The number of hydrogen-bond acceptors (Lipinski definition) is 2. The molecule has 0 radical (unpaired) electrons. The first-order chi connectivity index (χ1) is 7.54. The third-order valence-electron chi connectivity index (χ3n) is 3.37. The number of hydrogen-bond donors (Lipinski definition) is 0. The minimum Gasteiger partial charge on any atom is -0.497 e. The van der Waals surface area contributed by atoms with Gasteiger partial charge < -0.3 is 9.47 Å². The molecule has 1 aliphatic heterocycles. The molecule has 2 heteroatoms. The molecule has 86 valence electrons. The molecule has 2 nitrogen and oxygen atoms in total. The van der Waals surface area contributed by atoms with Crippen molar-refractivity contribution in [2.45, 2.75) is 26.4 Å². The lowest BCUT2D eigenvalue weighted by molar-refractivity contribution is 0.0514. The SMILES string of the molecule is COc1ccc(C2=C(C)C(C)(C)OC2)cc1. The highest BCUT2D eigenvalue weighted by Gasteiger charge is 2.30. The van der Waals surface area contributed by atoms with Crippen LogP contribution in [0.2, 0.25) is 0 Å². The summed E-state index contributed by atoms with van der Waals surface area (Å²) < 4.78 is 10.9. The zero-order valence-corrected chi connectivity index (χ0v) is 10.3. The fourth-order valence-electron chi connectivity index (χ4n) is 1.92. The molecule has 2 rings (SSSR count). The van der Waals surface area contributed by atoms with E-state index in [0.717, 1.165) is 5.75 Å². The van der Waals surface area contributed by atoms with Crippen molar-refractivity contribution in [1.82, 2.24) is 0 Å². The van der Waals surface area contributed by atoms with Crippen molar-refractivity contribution in [2.75, 3.05) is 13.7 Å². The molecule has 0 saturated carbocycles. The van der Waals surface area contributed by atoms with Crippen molar-refractivity contribution in [3.05, 3.63) is 35.4 Å². The first kappa shape index (κ1) is 11.2. The molecule has 0 fully saturated rings. The second-order valence-electron chi connectivity index (χ2n) is 4.63. The Labute approximate surface area is 96.9 Å². The number of ether oxygens (including phenoxy) is 2. The summed E-state index contributed by atoms with van der Waals surface area (Å²) in [7, 11) is 1.68. The molecule has 0 bridgehead atoms. The summed E-state index contributed by atoms with van der Waals surface area (Å²) in [6, 6.07) is 8.15. The molecule has 1 aromatic rings. The van der Waals surface area contributed by atoms with Gasteiger partial charge in [-0.1, -0.05) is 12.1 Å². The lowest BCUT2D eigenvalue weighted by atomic mass is 9.94. The molecular weight excluding hydrogens is 200 g/mol. The van der Waals surface area contributed by atoms with Crippen LogP contribution in [0.5, 0.6) is 5.75 Å². The predicted octanol–water partition coefficient (Wildman–Crippen LogP) is 3.28. The van der Waals surface area contributed by atoms with Gasteiger partial charge in [0.2, 0.25) is 0 Å². The van der Waals surface area contributed by atoms with Crippen LogP contribution in [-0.4, -0.2) is 19.3 Å². The van der Waals surface area contributed by atoms with Crippen LogP contribution in [0, 0.1) is 0 Å². The van der Waals surface area contributed by atoms with Crippen molar-refractivity contribution in [2.24, 2.45) is 0 Å². The fraction of sp³-hybridized carbons (Fsp3) is 0.429. The number of methoxy groups -OCH3 is 1. The lowest BCUT2D eigenvalue weighted by Gasteiger charge is -2.18. The van der Waals surface area contributed by atoms with Gasteiger partial charge in [-0.15, -0.1) is 0 Å². The van der Waals surface area contributed by atoms with Crippen LogP contribution in [-0.2, 0) is 4.74 Å². The Bertz CT molecular complexity index is 413. The Morgan fingerprint density at radius 2 is 1.81 bits per heavy atom. The lowest BCUT2D eigenvalue weighted by Crippen LogP contribution is -2.20. The molecule has 1 aromatic carbocycles. The van der Waals surface area contributed by atoms with Gasteiger partial charge in [0, 0.05) is 0 Å². The molecule has 0 spiro atoms. The Kier molecular flexibility index (Phi) is 2.76. The van der Waals surface area contributed by atoms with E-state index in [2.05, 4.69) is 32.9 Å². The summed E-state index contributed by atoms with van der Waals surface area (Å²) in [5.41, 5.74) is 3.71. The largest absolute Gasteiger partial charge is 0.497 e. The van der Waals surface area contributed by atoms with Crippen LogP contribution in [0.15, 0.2) is 29.8 Å². The van der Waals surface area contributed by atoms with Crippen LogP contribution in [0.1, 0.15) is 26.3 Å². The van der Waals surface area contributed by atoms with Crippen molar-refractivity contribution in [1.29, 1.82) is 0 Å². The molecule has 0 amide bonds. The maximum absolute atomic E-state index is 5.77. The van der Waals surface area contributed by atoms with E-state index in [-0.39, 0.29) is 5.60 Å². The number of rotatable bonds is 2. The van der Waals surface area contributed by atoms with E-state index in [1.165, 1.54) is 16.7 Å². The third kappa shape index (κ3) is 1.85. The maximum Gasteiger partial charge on any atom is 0.118 e. The highest BCUT2D eigenvalue weighted by molar-refractivity contribution is 5.72. The summed E-state index contributed by atoms with van der Waals surface area (Å²) in [5.74, 6) is 0.889. The third-order valence-corrected chi connectivity index (χ3v) is 3.37. The first-order valence-electron chi connectivity index (χ1n) is 5.53. The molecular formula is C14H18O2. The summed E-state index contributed by atoms with van der Waals surface area (Å²) in [6.45, 7) is 7.06. The molecule has 0 atom stereocenters. The van der Waals surface area contributed by atoms with Crippen molar-refractivity contribution in [3.8, 4) is 5.75 Å². The van der Waals surface area contributed by atoms with E-state index in [4.69, 9.17) is 9.47 Å². The van der Waals surface area contributed by atoms with E-state index < -0.39 is 0 Å². The Hall–Kier alpha value is -1.28. The molecule has 0 unspecified atom stereocenters. The molecule has 1 aliphatic rings. The zero-order valence-electron chi connectivity index (χ0n) is 10.3. The zero-order chi connectivity index (χ0) is 11.8. The van der Waals surface area contributed by atoms with Gasteiger partial charge in [-0.3, -0.25) is 0 Å². The highest BCUT2D eigenvalue weighted by atomic mass is 16.5. The van der Waals surface area contributed by atoms with Crippen molar-refractivity contribution < 1.29 is 9.47 Å². The van der Waals surface area contributed by atoms with Crippen LogP contribution >= 0.6 is 0 Å². The van der Waals surface area contributed by atoms with Crippen LogP contribution in [0.3, 0.4) is 0 Å². The second-order valence-corrected chi connectivity index (χ2v) is 4.63. The van der Waals surface area contributed by atoms with Gasteiger partial charge in [0.05, 0.1) is 19.3 Å². The smallest absolute Gasteiger partial charge is 0.118 e. The van der Waals surface area contributed by atoms with E-state index in [1.54, 1.807) is 7.11 Å². The quantitative estimate of drug-likeness (QED) is 0.758. The van der Waals surface area contributed by atoms with Gasteiger partial charge >= 0.3 is 0 Å². The maximum atomic E-state index is 5.77. The molecule has 0 aromatic heterocycles. The van der Waals surface area contributed by atoms with Gasteiger partial charge in [-0.2, -0.15) is 0 Å². The van der Waals surface area contributed by atoms with Gasteiger partial charge in [-0.25, -0.2) is 0 Å². The van der Waals surface area contributed by atoms with Crippen molar-refractivity contribution >= 4 is 5.57 Å². The molecule has 0 N–H and O–H groups in total. The van der Waals surface area contributed by atoms with Gasteiger partial charge in [0.15, 0.2) is 0 Å². The number of benzene rings is 1. The normalized spacial score (nSPS) is 19.0. The molecule has 16 heavy (non-hydrogen) atoms. The van der Waals surface area contributed by atoms with Gasteiger partial charge in [-0.05, 0) is 49.6 Å². The molecule has 0 saturated heterocycles. The van der Waals surface area contributed by atoms with Gasteiger partial charge in [0.25, 0.3) is 0 Å². The second kappa shape index (κ2) is 3.95. The average Bonchev–Trinajstić information content (AvgIpc) is 2.55. The minimum absolute atomic E-state index is 0.130. The molecule has 0 aliphatic carbocycles. The summed E-state index contributed by atoms with van der Waals surface area (Å²) in [6.07, 6.45) is 0. The monoisotopic (exact) mass is 218 g/mol. The van der Waals surface area contributed by atoms with Gasteiger partial charge in [0.1, 0.15) is 5.75 Å². The Morgan fingerprint density at radius 1 is 1.19 bits per heavy atom.